The molecule has 0 heterocycles. The minimum absolute atomic E-state index is 0.0528. The van der Waals surface area contributed by atoms with Crippen LogP contribution in [0.3, 0.4) is 0 Å². The summed E-state index contributed by atoms with van der Waals surface area (Å²) in [5, 5.41) is 21.9. The predicted molar refractivity (Wildman–Crippen MR) is 53.7 cm³/mol. The summed E-state index contributed by atoms with van der Waals surface area (Å²) >= 11 is 0. The summed E-state index contributed by atoms with van der Waals surface area (Å²) in [6.45, 7) is -0.931. The van der Waals surface area contributed by atoms with E-state index in [9.17, 15) is 13.2 Å². The standard InChI is InChI=1S/C8H16F3N3O3/c1-17-4-5(3-15)13-2-6(7(12)14-16)8(9,10)11/h5-6,13,15-16H,2-4H2,1H3,(H2,12,14). The van der Waals surface area contributed by atoms with Gasteiger partial charge in [-0.05, 0) is 0 Å². The van der Waals surface area contributed by atoms with Crippen molar-refractivity contribution in [3.05, 3.63) is 0 Å². The van der Waals surface area contributed by atoms with Gasteiger partial charge in [-0.1, -0.05) is 5.16 Å². The number of nitrogens with one attached hydrogen (secondary N) is 1. The number of ether oxygens (including phenoxy) is 1. The summed E-state index contributed by atoms with van der Waals surface area (Å²) in [4.78, 5) is 0. The number of amidine groups is 1. The first kappa shape index (κ1) is 15.9. The highest BCUT2D eigenvalue weighted by Gasteiger charge is 2.42. The van der Waals surface area contributed by atoms with Crippen molar-refractivity contribution in [2.45, 2.75) is 12.2 Å². The lowest BCUT2D eigenvalue weighted by Gasteiger charge is -2.22. The van der Waals surface area contributed by atoms with E-state index in [2.05, 4.69) is 15.2 Å². The summed E-state index contributed by atoms with van der Waals surface area (Å²) < 4.78 is 42.2. The van der Waals surface area contributed by atoms with E-state index in [4.69, 9.17) is 16.0 Å². The van der Waals surface area contributed by atoms with Crippen LogP contribution in [0.2, 0.25) is 0 Å². The summed E-state index contributed by atoms with van der Waals surface area (Å²) in [6, 6.07) is -0.642. The average molecular weight is 259 g/mol. The fraction of sp³-hybridized carbons (Fsp3) is 0.875. The van der Waals surface area contributed by atoms with Crippen LogP contribution in [0.5, 0.6) is 0 Å². The highest BCUT2D eigenvalue weighted by molar-refractivity contribution is 5.83. The average Bonchev–Trinajstić information content (AvgIpc) is 2.25. The number of aliphatic hydroxyl groups is 1. The van der Waals surface area contributed by atoms with Gasteiger partial charge in [0.15, 0.2) is 5.84 Å². The minimum Gasteiger partial charge on any atom is -0.409 e. The molecule has 0 aliphatic heterocycles. The van der Waals surface area contributed by atoms with Crippen molar-refractivity contribution >= 4 is 5.84 Å². The van der Waals surface area contributed by atoms with Crippen molar-refractivity contribution < 1.29 is 28.2 Å². The van der Waals surface area contributed by atoms with E-state index in [-0.39, 0.29) is 13.2 Å². The van der Waals surface area contributed by atoms with E-state index >= 15 is 0 Å². The maximum Gasteiger partial charge on any atom is 0.400 e. The molecule has 0 aromatic carbocycles. The van der Waals surface area contributed by atoms with E-state index in [0.29, 0.717) is 0 Å². The van der Waals surface area contributed by atoms with Crippen LogP contribution < -0.4 is 11.1 Å². The molecule has 9 heteroatoms. The van der Waals surface area contributed by atoms with Crippen LogP contribution in [0.15, 0.2) is 5.16 Å². The van der Waals surface area contributed by atoms with Crippen LogP contribution in [0.4, 0.5) is 13.2 Å². The van der Waals surface area contributed by atoms with Gasteiger partial charge in [-0.2, -0.15) is 13.2 Å². The number of hydrogen-bond donors (Lipinski definition) is 4. The molecule has 0 saturated carbocycles. The smallest absolute Gasteiger partial charge is 0.400 e. The summed E-state index contributed by atoms with van der Waals surface area (Å²) in [5.74, 6) is -3.04. The quantitative estimate of drug-likeness (QED) is 0.214. The van der Waals surface area contributed by atoms with Gasteiger partial charge < -0.3 is 26.1 Å². The molecule has 0 aliphatic carbocycles. The number of alkyl halides is 3. The Hall–Kier alpha value is -1.06. The molecule has 0 spiro atoms. The lowest BCUT2D eigenvalue weighted by molar-refractivity contribution is -0.155. The van der Waals surface area contributed by atoms with Crippen molar-refractivity contribution in [3.63, 3.8) is 0 Å². The fourth-order valence-corrected chi connectivity index (χ4v) is 1.12. The normalized spacial score (nSPS) is 16.9. The number of rotatable bonds is 7. The van der Waals surface area contributed by atoms with Gasteiger partial charge in [0.25, 0.3) is 0 Å². The maximum absolute atomic E-state index is 12.5. The molecule has 0 saturated heterocycles. The van der Waals surface area contributed by atoms with E-state index in [1.165, 1.54) is 7.11 Å². The Morgan fingerprint density at radius 3 is 2.47 bits per heavy atom. The Morgan fingerprint density at radius 2 is 2.12 bits per heavy atom. The monoisotopic (exact) mass is 259 g/mol. The number of halogens is 3. The lowest BCUT2D eigenvalue weighted by Crippen LogP contribution is -2.47. The third-order valence-electron chi connectivity index (χ3n) is 2.07. The van der Waals surface area contributed by atoms with Crippen molar-refractivity contribution in [2.24, 2.45) is 16.8 Å². The van der Waals surface area contributed by atoms with E-state index < -0.39 is 30.5 Å². The van der Waals surface area contributed by atoms with Crippen LogP contribution in [0, 0.1) is 5.92 Å². The molecule has 0 radical (unpaired) electrons. The van der Waals surface area contributed by atoms with Crippen molar-refractivity contribution in [1.82, 2.24) is 5.32 Å². The Labute approximate surface area is 96.2 Å². The third-order valence-corrected chi connectivity index (χ3v) is 2.07. The van der Waals surface area contributed by atoms with Crippen molar-refractivity contribution in [1.29, 1.82) is 0 Å². The van der Waals surface area contributed by atoms with Gasteiger partial charge in [-0.3, -0.25) is 0 Å². The molecule has 5 N–H and O–H groups in total. The Bertz CT molecular complexity index is 248. The molecule has 0 aliphatic rings. The minimum atomic E-state index is -4.63. The molecule has 0 rings (SSSR count). The van der Waals surface area contributed by atoms with Gasteiger partial charge in [0.05, 0.1) is 19.3 Å². The Kier molecular flexibility index (Phi) is 6.85. The van der Waals surface area contributed by atoms with E-state index in [1.54, 1.807) is 0 Å². The van der Waals surface area contributed by atoms with Crippen molar-refractivity contribution in [3.8, 4) is 0 Å². The summed E-state index contributed by atoms with van der Waals surface area (Å²) in [7, 11) is 1.36. The highest BCUT2D eigenvalue weighted by Crippen LogP contribution is 2.25. The molecular weight excluding hydrogens is 243 g/mol. The first-order valence-electron chi connectivity index (χ1n) is 4.74. The molecule has 0 fully saturated rings. The van der Waals surface area contributed by atoms with E-state index in [1.807, 2.05) is 0 Å². The molecule has 2 atom stereocenters. The lowest BCUT2D eigenvalue weighted by atomic mass is 10.1. The number of methoxy groups -OCH3 is 1. The molecule has 0 amide bonds. The predicted octanol–water partition coefficient (Wildman–Crippen LogP) is -0.492. The molecule has 102 valence electrons. The van der Waals surface area contributed by atoms with Crippen molar-refractivity contribution in [2.75, 3.05) is 26.9 Å². The second-order valence-electron chi connectivity index (χ2n) is 3.36. The summed E-state index contributed by atoms with van der Waals surface area (Å²) in [6.07, 6.45) is -4.63. The largest absolute Gasteiger partial charge is 0.409 e. The first-order chi connectivity index (χ1) is 7.86. The highest BCUT2D eigenvalue weighted by atomic mass is 19.4. The third kappa shape index (κ3) is 5.71. The van der Waals surface area contributed by atoms with Gasteiger partial charge in [0.1, 0.15) is 5.92 Å². The molecule has 0 bridgehead atoms. The Balaban J connectivity index is 4.46. The first-order valence-corrected chi connectivity index (χ1v) is 4.74. The Morgan fingerprint density at radius 1 is 1.53 bits per heavy atom. The molecular formula is C8H16F3N3O3. The van der Waals surface area contributed by atoms with Crippen LogP contribution in [0.1, 0.15) is 0 Å². The van der Waals surface area contributed by atoms with Gasteiger partial charge in [0, 0.05) is 13.7 Å². The zero-order chi connectivity index (χ0) is 13.5. The maximum atomic E-state index is 12.5. The summed E-state index contributed by atoms with van der Waals surface area (Å²) in [5.41, 5.74) is 4.95. The van der Waals surface area contributed by atoms with Gasteiger partial charge >= 0.3 is 6.18 Å². The second kappa shape index (κ2) is 7.30. The molecule has 6 nitrogen and oxygen atoms in total. The van der Waals surface area contributed by atoms with Gasteiger partial charge in [-0.15, -0.1) is 0 Å². The molecule has 17 heavy (non-hydrogen) atoms. The second-order valence-corrected chi connectivity index (χ2v) is 3.36. The molecule has 2 unspecified atom stereocenters. The number of oxime groups is 1. The van der Waals surface area contributed by atoms with Crippen LogP contribution in [-0.2, 0) is 4.74 Å². The van der Waals surface area contributed by atoms with Crippen LogP contribution in [-0.4, -0.2) is 55.2 Å². The molecule has 0 aromatic rings. The topological polar surface area (TPSA) is 100 Å². The fourth-order valence-electron chi connectivity index (χ4n) is 1.12. The number of nitrogens with two attached hydrogens (primary N) is 1. The van der Waals surface area contributed by atoms with Gasteiger partial charge in [-0.25, -0.2) is 0 Å². The number of nitrogens with zero attached hydrogens (tertiary/aromatic N) is 1. The van der Waals surface area contributed by atoms with Crippen LogP contribution >= 0.6 is 0 Å². The molecule has 0 aromatic heterocycles. The zero-order valence-corrected chi connectivity index (χ0v) is 9.24. The SMILES string of the molecule is COCC(CO)NCC(C(N)=NO)C(F)(F)F. The number of hydrogen-bond acceptors (Lipinski definition) is 5. The van der Waals surface area contributed by atoms with Gasteiger partial charge in [0.2, 0.25) is 0 Å². The number of aliphatic hydroxyl groups excluding tert-OH is 1. The zero-order valence-electron chi connectivity index (χ0n) is 9.24. The van der Waals surface area contributed by atoms with Crippen LogP contribution in [0.25, 0.3) is 0 Å². The van der Waals surface area contributed by atoms with E-state index in [0.717, 1.165) is 0 Å².